The molecule has 6 heteroatoms. The first-order chi connectivity index (χ1) is 12.2. The molecular formula is C19H29N3O3. The van der Waals surface area contributed by atoms with E-state index in [-0.39, 0.29) is 12.1 Å². The molecule has 2 aliphatic heterocycles. The average molecular weight is 347 g/mol. The Morgan fingerprint density at radius 2 is 2.00 bits per heavy atom. The van der Waals surface area contributed by atoms with Crippen molar-refractivity contribution in [1.82, 2.24) is 10.6 Å². The maximum Gasteiger partial charge on any atom is 0.315 e. The topological polar surface area (TPSA) is 62.8 Å². The summed E-state index contributed by atoms with van der Waals surface area (Å²) >= 11 is 0. The molecule has 25 heavy (non-hydrogen) atoms. The van der Waals surface area contributed by atoms with Crippen LogP contribution in [0.2, 0.25) is 0 Å². The van der Waals surface area contributed by atoms with E-state index < -0.39 is 0 Å². The minimum atomic E-state index is -0.0547. The van der Waals surface area contributed by atoms with Crippen LogP contribution in [-0.2, 0) is 4.74 Å². The monoisotopic (exact) mass is 347 g/mol. The van der Waals surface area contributed by atoms with Crippen molar-refractivity contribution in [3.8, 4) is 5.75 Å². The van der Waals surface area contributed by atoms with E-state index in [1.165, 1.54) is 5.69 Å². The second kappa shape index (κ2) is 8.94. The van der Waals surface area contributed by atoms with Crippen LogP contribution in [0.4, 0.5) is 10.5 Å². The lowest BCUT2D eigenvalue weighted by atomic mass is 10.0. The Morgan fingerprint density at radius 1 is 1.24 bits per heavy atom. The highest BCUT2D eigenvalue weighted by molar-refractivity contribution is 5.74. The van der Waals surface area contributed by atoms with Crippen LogP contribution in [0.3, 0.4) is 0 Å². The summed E-state index contributed by atoms with van der Waals surface area (Å²) in [5.74, 6) is 0.875. The summed E-state index contributed by atoms with van der Waals surface area (Å²) < 4.78 is 10.8. The fourth-order valence-corrected chi connectivity index (χ4v) is 3.53. The number of piperidine rings is 1. The molecule has 0 aromatic heterocycles. The molecule has 0 unspecified atom stereocenters. The number of carbonyl (C=O) groups excluding carboxylic acids is 1. The molecule has 2 saturated heterocycles. The molecule has 1 aromatic rings. The number of rotatable bonds is 6. The van der Waals surface area contributed by atoms with Crippen LogP contribution in [0.15, 0.2) is 24.3 Å². The van der Waals surface area contributed by atoms with Gasteiger partial charge >= 0.3 is 6.03 Å². The van der Waals surface area contributed by atoms with Crippen LogP contribution in [0.25, 0.3) is 0 Å². The molecule has 0 bridgehead atoms. The fourth-order valence-electron chi connectivity index (χ4n) is 3.53. The van der Waals surface area contributed by atoms with Gasteiger partial charge in [-0.2, -0.15) is 0 Å². The summed E-state index contributed by atoms with van der Waals surface area (Å²) in [6.07, 6.45) is 5.42. The van der Waals surface area contributed by atoms with Crippen LogP contribution in [0.5, 0.6) is 5.75 Å². The second-order valence-electron chi connectivity index (χ2n) is 6.78. The third kappa shape index (κ3) is 5.26. The Morgan fingerprint density at radius 3 is 2.64 bits per heavy atom. The zero-order chi connectivity index (χ0) is 17.5. The summed E-state index contributed by atoms with van der Waals surface area (Å²) in [6.45, 7) is 3.45. The molecule has 0 radical (unpaired) electrons. The number of carbonyl (C=O) groups is 1. The van der Waals surface area contributed by atoms with Gasteiger partial charge in [0, 0.05) is 38.0 Å². The van der Waals surface area contributed by atoms with Crippen molar-refractivity contribution >= 4 is 11.7 Å². The molecule has 2 heterocycles. The molecule has 2 fully saturated rings. The smallest absolute Gasteiger partial charge is 0.315 e. The Hall–Kier alpha value is -1.95. The number of nitrogens with zero attached hydrogens (tertiary/aromatic N) is 1. The van der Waals surface area contributed by atoms with Gasteiger partial charge in [0.1, 0.15) is 5.75 Å². The van der Waals surface area contributed by atoms with Crippen molar-refractivity contribution in [1.29, 1.82) is 0 Å². The number of nitrogens with one attached hydrogen (secondary N) is 2. The normalized spacial score (nSPS) is 21.2. The van der Waals surface area contributed by atoms with Crippen molar-refractivity contribution in [2.75, 3.05) is 38.3 Å². The summed E-state index contributed by atoms with van der Waals surface area (Å²) in [5, 5.41) is 6.05. The number of hydrogen-bond donors (Lipinski definition) is 2. The Bertz CT molecular complexity index is 535. The maximum absolute atomic E-state index is 12.0. The van der Waals surface area contributed by atoms with Crippen LogP contribution in [-0.4, -0.2) is 51.5 Å². The Labute approximate surface area is 149 Å². The van der Waals surface area contributed by atoms with E-state index in [4.69, 9.17) is 9.47 Å². The van der Waals surface area contributed by atoms with Gasteiger partial charge in [0.05, 0.1) is 13.2 Å². The number of methoxy groups -OCH3 is 1. The van der Waals surface area contributed by atoms with Crippen molar-refractivity contribution in [3.63, 3.8) is 0 Å². The van der Waals surface area contributed by atoms with Gasteiger partial charge in [0.15, 0.2) is 0 Å². The fraction of sp³-hybridized carbons (Fsp3) is 0.632. The zero-order valence-electron chi connectivity index (χ0n) is 15.0. The van der Waals surface area contributed by atoms with Gasteiger partial charge in [-0.1, -0.05) is 0 Å². The number of benzene rings is 1. The highest BCUT2D eigenvalue weighted by Crippen LogP contribution is 2.22. The molecule has 0 saturated carbocycles. The summed E-state index contributed by atoms with van der Waals surface area (Å²) in [7, 11) is 1.68. The molecule has 0 spiro atoms. The van der Waals surface area contributed by atoms with Crippen molar-refractivity contribution in [2.24, 2.45) is 0 Å². The number of ether oxygens (including phenoxy) is 2. The molecule has 0 aliphatic carbocycles. The second-order valence-corrected chi connectivity index (χ2v) is 6.78. The predicted octanol–water partition coefficient (Wildman–Crippen LogP) is 2.53. The molecule has 6 nitrogen and oxygen atoms in total. The molecule has 138 valence electrons. The first-order valence-electron chi connectivity index (χ1n) is 9.29. The van der Waals surface area contributed by atoms with E-state index in [2.05, 4.69) is 27.7 Å². The zero-order valence-corrected chi connectivity index (χ0v) is 15.0. The third-order valence-electron chi connectivity index (χ3n) is 5.04. The predicted molar refractivity (Wildman–Crippen MR) is 98.4 cm³/mol. The van der Waals surface area contributed by atoms with Crippen LogP contribution in [0, 0.1) is 0 Å². The Kier molecular flexibility index (Phi) is 6.39. The molecule has 2 aliphatic rings. The van der Waals surface area contributed by atoms with E-state index in [1.54, 1.807) is 7.11 Å². The third-order valence-corrected chi connectivity index (χ3v) is 5.04. The van der Waals surface area contributed by atoms with Gasteiger partial charge in [0.25, 0.3) is 0 Å². The van der Waals surface area contributed by atoms with Gasteiger partial charge in [-0.15, -0.1) is 0 Å². The van der Waals surface area contributed by atoms with E-state index in [0.29, 0.717) is 12.6 Å². The van der Waals surface area contributed by atoms with E-state index >= 15 is 0 Å². The van der Waals surface area contributed by atoms with E-state index in [1.807, 2.05) is 12.1 Å². The SMILES string of the molecule is COc1ccc(N2CCC(NC(=O)NCC[C@H]3CCCO3)CC2)cc1. The molecule has 1 atom stereocenters. The number of anilines is 1. The molecule has 2 N–H and O–H groups in total. The van der Waals surface area contributed by atoms with Crippen molar-refractivity contribution in [2.45, 2.75) is 44.2 Å². The summed E-state index contributed by atoms with van der Waals surface area (Å²) in [5.41, 5.74) is 1.21. The number of amides is 2. The standard InChI is InChI=1S/C19H29N3O3/c1-24-17-6-4-16(5-7-17)22-12-9-15(10-13-22)21-19(23)20-11-8-18-3-2-14-25-18/h4-7,15,18H,2-3,8-14H2,1H3,(H2,20,21,23)/t18-/m1/s1. The lowest BCUT2D eigenvalue weighted by molar-refractivity contribution is 0.104. The lowest BCUT2D eigenvalue weighted by Gasteiger charge is -2.34. The van der Waals surface area contributed by atoms with Crippen molar-refractivity contribution < 1.29 is 14.3 Å². The minimum absolute atomic E-state index is 0.0547. The highest BCUT2D eigenvalue weighted by atomic mass is 16.5. The van der Waals surface area contributed by atoms with Gasteiger partial charge in [-0.05, 0) is 56.4 Å². The quantitative estimate of drug-likeness (QED) is 0.830. The first kappa shape index (κ1) is 17.9. The highest BCUT2D eigenvalue weighted by Gasteiger charge is 2.21. The first-order valence-corrected chi connectivity index (χ1v) is 9.29. The Balaban J connectivity index is 1.34. The maximum atomic E-state index is 12.0. The molecular weight excluding hydrogens is 318 g/mol. The lowest BCUT2D eigenvalue weighted by Crippen LogP contribution is -2.48. The largest absolute Gasteiger partial charge is 0.497 e. The minimum Gasteiger partial charge on any atom is -0.497 e. The van der Waals surface area contributed by atoms with Gasteiger partial charge in [-0.3, -0.25) is 0 Å². The summed E-state index contributed by atoms with van der Waals surface area (Å²) in [4.78, 5) is 14.4. The summed E-state index contributed by atoms with van der Waals surface area (Å²) in [6, 6.07) is 8.34. The van der Waals surface area contributed by atoms with E-state index in [9.17, 15) is 4.79 Å². The van der Waals surface area contributed by atoms with Crippen LogP contribution < -0.4 is 20.3 Å². The van der Waals surface area contributed by atoms with Crippen LogP contribution >= 0.6 is 0 Å². The van der Waals surface area contributed by atoms with Gasteiger partial charge < -0.3 is 25.0 Å². The van der Waals surface area contributed by atoms with Crippen LogP contribution in [0.1, 0.15) is 32.1 Å². The van der Waals surface area contributed by atoms with E-state index in [0.717, 1.165) is 57.6 Å². The van der Waals surface area contributed by atoms with Gasteiger partial charge in [-0.25, -0.2) is 4.79 Å². The van der Waals surface area contributed by atoms with Gasteiger partial charge in [0.2, 0.25) is 0 Å². The molecule has 2 amide bonds. The average Bonchev–Trinajstić information content (AvgIpc) is 3.16. The molecule has 1 aromatic carbocycles. The van der Waals surface area contributed by atoms with Crippen molar-refractivity contribution in [3.05, 3.63) is 24.3 Å². The number of urea groups is 1. The molecule has 3 rings (SSSR count). The number of hydrogen-bond acceptors (Lipinski definition) is 4.